The number of aryl methyl sites for hydroxylation is 1. The van der Waals surface area contributed by atoms with E-state index in [0.29, 0.717) is 27.7 Å². The normalized spacial score (nSPS) is 11.4. The van der Waals surface area contributed by atoms with Crippen molar-refractivity contribution in [1.82, 2.24) is 24.5 Å². The summed E-state index contributed by atoms with van der Waals surface area (Å²) in [6.45, 7) is 5.77. The maximum Gasteiger partial charge on any atom is 0.192 e. The van der Waals surface area contributed by atoms with Gasteiger partial charge in [0.1, 0.15) is 29.2 Å². The first-order chi connectivity index (χ1) is 13.8. The van der Waals surface area contributed by atoms with Crippen molar-refractivity contribution in [3.05, 3.63) is 59.3 Å². The third-order valence-electron chi connectivity index (χ3n) is 4.48. The molecule has 3 heterocycles. The SMILES string of the molecule is Cc1nc2c(F)cc(-c3ncnc(Nc4ccc(Cl)cn4)c3F)cc2n1C(C)C. The minimum Gasteiger partial charge on any atom is -0.326 e. The number of aromatic nitrogens is 5. The highest BCUT2D eigenvalue weighted by Crippen LogP contribution is 2.31. The monoisotopic (exact) mass is 414 g/mol. The zero-order valence-electron chi connectivity index (χ0n) is 15.9. The maximum atomic E-state index is 15.1. The lowest BCUT2D eigenvalue weighted by Gasteiger charge is -2.12. The van der Waals surface area contributed by atoms with Gasteiger partial charge in [0.05, 0.1) is 10.5 Å². The molecule has 0 aliphatic carbocycles. The first-order valence-corrected chi connectivity index (χ1v) is 9.30. The molecule has 0 spiro atoms. The van der Waals surface area contributed by atoms with Crippen molar-refractivity contribution < 1.29 is 8.78 Å². The lowest BCUT2D eigenvalue weighted by atomic mass is 10.1. The molecule has 1 N–H and O–H groups in total. The third-order valence-corrected chi connectivity index (χ3v) is 4.70. The summed E-state index contributed by atoms with van der Waals surface area (Å²) in [4.78, 5) is 16.3. The number of fused-ring (bicyclic) bond motifs is 1. The number of imidazole rings is 1. The Morgan fingerprint density at radius 2 is 1.90 bits per heavy atom. The van der Waals surface area contributed by atoms with Crippen LogP contribution >= 0.6 is 11.6 Å². The van der Waals surface area contributed by atoms with Gasteiger partial charge in [-0.2, -0.15) is 0 Å². The van der Waals surface area contributed by atoms with E-state index in [1.54, 1.807) is 18.2 Å². The van der Waals surface area contributed by atoms with Crippen LogP contribution in [0.15, 0.2) is 36.8 Å². The first-order valence-electron chi connectivity index (χ1n) is 8.92. The van der Waals surface area contributed by atoms with Crippen molar-refractivity contribution in [2.45, 2.75) is 26.8 Å². The molecule has 0 bridgehead atoms. The number of nitrogens with zero attached hydrogens (tertiary/aromatic N) is 5. The van der Waals surface area contributed by atoms with Crippen molar-refractivity contribution in [2.75, 3.05) is 5.32 Å². The Hall–Kier alpha value is -3.13. The molecule has 148 valence electrons. The minimum absolute atomic E-state index is 0.0218. The molecule has 3 aromatic heterocycles. The number of pyridine rings is 1. The Bertz CT molecular complexity index is 1200. The molecule has 29 heavy (non-hydrogen) atoms. The molecular formula is C20H17ClF2N6. The van der Waals surface area contributed by atoms with Gasteiger partial charge in [0, 0.05) is 17.8 Å². The van der Waals surface area contributed by atoms with E-state index < -0.39 is 11.6 Å². The van der Waals surface area contributed by atoms with Gasteiger partial charge in [0.25, 0.3) is 0 Å². The van der Waals surface area contributed by atoms with Gasteiger partial charge in [-0.1, -0.05) is 11.6 Å². The van der Waals surface area contributed by atoms with Gasteiger partial charge in [-0.05, 0) is 45.0 Å². The van der Waals surface area contributed by atoms with Gasteiger partial charge in [-0.15, -0.1) is 0 Å². The summed E-state index contributed by atoms with van der Waals surface area (Å²) < 4.78 is 31.8. The Morgan fingerprint density at radius 1 is 1.10 bits per heavy atom. The van der Waals surface area contributed by atoms with Gasteiger partial charge in [0.15, 0.2) is 17.5 Å². The Labute approximate surface area is 170 Å². The second-order valence-electron chi connectivity index (χ2n) is 6.82. The molecule has 0 aliphatic heterocycles. The summed E-state index contributed by atoms with van der Waals surface area (Å²) in [6.07, 6.45) is 2.65. The fraction of sp³-hybridized carbons (Fsp3) is 0.200. The fourth-order valence-corrected chi connectivity index (χ4v) is 3.40. The summed E-state index contributed by atoms with van der Waals surface area (Å²) in [5.74, 6) is -0.264. The summed E-state index contributed by atoms with van der Waals surface area (Å²) >= 11 is 5.82. The largest absolute Gasteiger partial charge is 0.326 e. The van der Waals surface area contributed by atoms with E-state index in [-0.39, 0.29) is 23.1 Å². The molecule has 4 aromatic rings. The molecule has 9 heteroatoms. The Morgan fingerprint density at radius 3 is 2.59 bits per heavy atom. The minimum atomic E-state index is -0.713. The van der Waals surface area contributed by atoms with E-state index in [1.165, 1.54) is 18.6 Å². The molecule has 4 rings (SSSR count). The lowest BCUT2D eigenvalue weighted by molar-refractivity contribution is 0.600. The number of benzene rings is 1. The van der Waals surface area contributed by atoms with E-state index in [2.05, 4.69) is 25.3 Å². The number of anilines is 2. The zero-order chi connectivity index (χ0) is 20.7. The molecule has 6 nitrogen and oxygen atoms in total. The molecule has 1 aromatic carbocycles. The van der Waals surface area contributed by atoms with Crippen LogP contribution in [0.5, 0.6) is 0 Å². The number of rotatable bonds is 4. The van der Waals surface area contributed by atoms with E-state index >= 15 is 4.39 Å². The highest BCUT2D eigenvalue weighted by molar-refractivity contribution is 6.30. The van der Waals surface area contributed by atoms with Crippen LogP contribution in [0.25, 0.3) is 22.3 Å². The van der Waals surface area contributed by atoms with Crippen LogP contribution in [0.4, 0.5) is 20.4 Å². The Balaban J connectivity index is 1.81. The molecule has 0 amide bonds. The van der Waals surface area contributed by atoms with E-state index in [1.807, 2.05) is 25.3 Å². The predicted molar refractivity (Wildman–Crippen MR) is 108 cm³/mol. The van der Waals surface area contributed by atoms with Gasteiger partial charge in [-0.25, -0.2) is 28.7 Å². The highest BCUT2D eigenvalue weighted by atomic mass is 35.5. The second kappa shape index (κ2) is 7.36. The van der Waals surface area contributed by atoms with E-state index in [4.69, 9.17) is 11.6 Å². The molecule has 0 unspecified atom stereocenters. The molecule has 0 fully saturated rings. The highest BCUT2D eigenvalue weighted by Gasteiger charge is 2.19. The second-order valence-corrected chi connectivity index (χ2v) is 7.26. The Kier molecular flexibility index (Phi) is 4.87. The molecule has 0 saturated heterocycles. The van der Waals surface area contributed by atoms with Crippen molar-refractivity contribution in [3.63, 3.8) is 0 Å². The standard InChI is InChI=1S/C20H17ClF2N6/c1-10(2)29-11(3)27-19-14(22)6-12(7-15(19)29)18-17(23)20(26-9-25-18)28-16-5-4-13(21)8-24-16/h4-10H,1-3H3,(H,24,25,26,28). The smallest absolute Gasteiger partial charge is 0.192 e. The maximum absolute atomic E-state index is 15.1. The zero-order valence-corrected chi connectivity index (χ0v) is 16.7. The number of hydrogen-bond acceptors (Lipinski definition) is 5. The van der Waals surface area contributed by atoms with Crippen LogP contribution in [0.2, 0.25) is 5.02 Å². The predicted octanol–water partition coefficient (Wildman–Crippen LogP) is 5.45. The summed E-state index contributed by atoms with van der Waals surface area (Å²) in [7, 11) is 0. The van der Waals surface area contributed by atoms with Crippen molar-refractivity contribution >= 4 is 34.3 Å². The van der Waals surface area contributed by atoms with Crippen LogP contribution in [0.3, 0.4) is 0 Å². The average Bonchev–Trinajstić information content (AvgIpc) is 3.02. The number of nitrogens with one attached hydrogen (secondary N) is 1. The van der Waals surface area contributed by atoms with Crippen LogP contribution in [-0.4, -0.2) is 24.5 Å². The van der Waals surface area contributed by atoms with Gasteiger partial charge < -0.3 is 9.88 Å². The molecule has 0 radical (unpaired) electrons. The summed E-state index contributed by atoms with van der Waals surface area (Å²) in [5.41, 5.74) is 1.10. The van der Waals surface area contributed by atoms with Crippen molar-refractivity contribution in [1.29, 1.82) is 0 Å². The van der Waals surface area contributed by atoms with E-state index in [0.717, 1.165) is 0 Å². The van der Waals surface area contributed by atoms with Gasteiger partial charge >= 0.3 is 0 Å². The number of halogens is 3. The van der Waals surface area contributed by atoms with Crippen LogP contribution in [0.1, 0.15) is 25.7 Å². The van der Waals surface area contributed by atoms with Crippen molar-refractivity contribution in [3.8, 4) is 11.3 Å². The molecule has 0 atom stereocenters. The van der Waals surface area contributed by atoms with Gasteiger partial charge in [0.2, 0.25) is 0 Å². The first kappa shape index (κ1) is 19.2. The molecule has 0 saturated carbocycles. The fourth-order valence-electron chi connectivity index (χ4n) is 3.29. The number of hydrogen-bond donors (Lipinski definition) is 1. The molecule has 0 aliphatic rings. The van der Waals surface area contributed by atoms with E-state index in [9.17, 15) is 4.39 Å². The lowest BCUT2D eigenvalue weighted by Crippen LogP contribution is -2.04. The van der Waals surface area contributed by atoms with Crippen molar-refractivity contribution in [2.24, 2.45) is 0 Å². The average molecular weight is 415 g/mol. The summed E-state index contributed by atoms with van der Waals surface area (Å²) in [5, 5.41) is 3.25. The summed E-state index contributed by atoms with van der Waals surface area (Å²) in [6, 6.07) is 6.20. The molecular weight excluding hydrogens is 398 g/mol. The quantitative estimate of drug-likeness (QED) is 0.480. The van der Waals surface area contributed by atoms with Crippen LogP contribution in [-0.2, 0) is 0 Å². The van der Waals surface area contributed by atoms with Crippen LogP contribution < -0.4 is 5.32 Å². The topological polar surface area (TPSA) is 68.5 Å². The van der Waals surface area contributed by atoms with Gasteiger partial charge in [-0.3, -0.25) is 0 Å². The van der Waals surface area contributed by atoms with Crippen LogP contribution in [0, 0.1) is 18.6 Å². The third kappa shape index (κ3) is 3.51.